The van der Waals surface area contributed by atoms with Crippen LogP contribution in [0.5, 0.6) is 0 Å². The standard InChI is InChI=1S/C7H3F11O2/c8-2(1-19)3(4(9,10)11)20-7(17,18)5(12,13)6(14,15)16/h1-3H. The smallest absolute Gasteiger partial charge is 0.300 e. The molecule has 0 heterocycles. The molecule has 120 valence electrons. The van der Waals surface area contributed by atoms with Crippen LogP contribution in [0.15, 0.2) is 0 Å². The molecule has 0 aliphatic heterocycles. The van der Waals surface area contributed by atoms with Crippen LogP contribution in [0.1, 0.15) is 0 Å². The number of ether oxygens (including phenoxy) is 1. The Morgan fingerprint density at radius 3 is 1.50 bits per heavy atom. The van der Waals surface area contributed by atoms with E-state index in [1.165, 1.54) is 0 Å². The first-order valence-electron chi connectivity index (χ1n) is 4.24. The van der Waals surface area contributed by atoms with E-state index in [4.69, 9.17) is 0 Å². The largest absolute Gasteiger partial charge is 0.462 e. The van der Waals surface area contributed by atoms with Crippen LogP contribution in [0, 0.1) is 0 Å². The second kappa shape index (κ2) is 5.33. The van der Waals surface area contributed by atoms with Crippen molar-refractivity contribution in [2.75, 3.05) is 0 Å². The van der Waals surface area contributed by atoms with Crippen molar-refractivity contribution in [2.45, 2.75) is 36.7 Å². The van der Waals surface area contributed by atoms with Gasteiger partial charge in [0.05, 0.1) is 0 Å². The van der Waals surface area contributed by atoms with Gasteiger partial charge in [-0.1, -0.05) is 0 Å². The summed E-state index contributed by atoms with van der Waals surface area (Å²) in [4.78, 5) is 9.72. The van der Waals surface area contributed by atoms with Gasteiger partial charge in [-0.05, 0) is 0 Å². The zero-order valence-electron chi connectivity index (χ0n) is 8.71. The third-order valence-corrected chi connectivity index (χ3v) is 1.74. The molecule has 0 spiro atoms. The lowest BCUT2D eigenvalue weighted by Crippen LogP contribution is -2.57. The summed E-state index contributed by atoms with van der Waals surface area (Å²) >= 11 is 0. The van der Waals surface area contributed by atoms with Gasteiger partial charge in [0.1, 0.15) is 0 Å². The van der Waals surface area contributed by atoms with Crippen molar-refractivity contribution in [1.82, 2.24) is 0 Å². The third-order valence-electron chi connectivity index (χ3n) is 1.74. The van der Waals surface area contributed by atoms with Crippen LogP contribution in [0.25, 0.3) is 0 Å². The minimum absolute atomic E-state index is 1.24. The number of rotatable bonds is 5. The molecule has 0 fully saturated rings. The maximum Gasteiger partial charge on any atom is 0.462 e. The summed E-state index contributed by atoms with van der Waals surface area (Å²) in [5, 5.41) is 0. The summed E-state index contributed by atoms with van der Waals surface area (Å²) in [6, 6.07) is 0. The maximum absolute atomic E-state index is 12.5. The van der Waals surface area contributed by atoms with Crippen molar-refractivity contribution >= 4 is 6.29 Å². The summed E-state index contributed by atoms with van der Waals surface area (Å²) in [7, 11) is 0. The second-order valence-corrected chi connectivity index (χ2v) is 3.25. The highest BCUT2D eigenvalue weighted by Crippen LogP contribution is 2.48. The molecule has 0 bridgehead atoms. The van der Waals surface area contributed by atoms with Gasteiger partial charge in [-0.25, -0.2) is 4.39 Å². The predicted octanol–water partition coefficient (Wildman–Crippen LogP) is 3.26. The monoisotopic (exact) mass is 328 g/mol. The van der Waals surface area contributed by atoms with Gasteiger partial charge in [0, 0.05) is 0 Å². The van der Waals surface area contributed by atoms with Crippen molar-refractivity contribution in [3.05, 3.63) is 0 Å². The van der Waals surface area contributed by atoms with Crippen molar-refractivity contribution in [1.29, 1.82) is 0 Å². The Morgan fingerprint density at radius 2 is 1.25 bits per heavy atom. The molecule has 0 saturated heterocycles. The molecule has 2 unspecified atom stereocenters. The number of hydrogen-bond acceptors (Lipinski definition) is 2. The molecule has 0 aliphatic rings. The molecule has 0 aromatic carbocycles. The van der Waals surface area contributed by atoms with E-state index in [1.807, 2.05) is 0 Å². The fourth-order valence-electron chi connectivity index (χ4n) is 0.782. The lowest BCUT2D eigenvalue weighted by Gasteiger charge is -2.31. The predicted molar refractivity (Wildman–Crippen MR) is 37.8 cm³/mol. The fraction of sp³-hybridized carbons (Fsp3) is 0.857. The van der Waals surface area contributed by atoms with E-state index in [2.05, 4.69) is 4.74 Å². The zero-order chi connectivity index (χ0) is 16.6. The molecule has 20 heavy (non-hydrogen) atoms. The van der Waals surface area contributed by atoms with Gasteiger partial charge in [-0.2, -0.15) is 43.9 Å². The lowest BCUT2D eigenvalue weighted by atomic mass is 10.2. The van der Waals surface area contributed by atoms with E-state index in [-0.39, 0.29) is 0 Å². The van der Waals surface area contributed by atoms with E-state index in [1.54, 1.807) is 0 Å². The quantitative estimate of drug-likeness (QED) is 0.572. The Balaban J connectivity index is 5.47. The first-order valence-corrected chi connectivity index (χ1v) is 4.24. The van der Waals surface area contributed by atoms with Crippen molar-refractivity contribution < 1.29 is 57.8 Å². The van der Waals surface area contributed by atoms with E-state index in [0.29, 0.717) is 0 Å². The molecule has 0 N–H and O–H groups in total. The maximum atomic E-state index is 12.5. The van der Waals surface area contributed by atoms with Gasteiger partial charge in [0.2, 0.25) is 0 Å². The first kappa shape index (κ1) is 18.9. The van der Waals surface area contributed by atoms with Crippen LogP contribution >= 0.6 is 0 Å². The van der Waals surface area contributed by atoms with Crippen LogP contribution in [-0.2, 0) is 9.53 Å². The fourth-order valence-corrected chi connectivity index (χ4v) is 0.782. The lowest BCUT2D eigenvalue weighted by molar-refractivity contribution is -0.447. The highest BCUT2D eigenvalue weighted by atomic mass is 19.4. The SMILES string of the molecule is O=CC(F)C(OC(F)(F)C(F)(F)C(F)(F)F)C(F)(F)F. The van der Waals surface area contributed by atoms with Gasteiger partial charge in [-0.15, -0.1) is 0 Å². The molecule has 2 atom stereocenters. The van der Waals surface area contributed by atoms with Crippen molar-refractivity contribution in [3.8, 4) is 0 Å². The van der Waals surface area contributed by atoms with Crippen LogP contribution in [0.4, 0.5) is 48.3 Å². The molecule has 0 aromatic heterocycles. The number of alkyl halides is 11. The number of carbonyl (C=O) groups excluding carboxylic acids is 1. The molecule has 2 nitrogen and oxygen atoms in total. The van der Waals surface area contributed by atoms with E-state index < -0.39 is 42.9 Å². The van der Waals surface area contributed by atoms with E-state index in [9.17, 15) is 53.1 Å². The highest BCUT2D eigenvalue weighted by molar-refractivity contribution is 5.57. The number of aldehydes is 1. The van der Waals surface area contributed by atoms with Crippen LogP contribution < -0.4 is 0 Å². The minimum atomic E-state index is -7.02. The molecular formula is C7H3F11O2. The zero-order valence-corrected chi connectivity index (χ0v) is 8.71. The molecule has 0 saturated carbocycles. The summed E-state index contributed by atoms with van der Waals surface area (Å²) in [6.45, 7) is 0. The van der Waals surface area contributed by atoms with Crippen molar-refractivity contribution in [3.63, 3.8) is 0 Å². The Bertz CT molecular complexity index is 344. The molecule has 13 heteroatoms. The van der Waals surface area contributed by atoms with Crippen LogP contribution in [0.3, 0.4) is 0 Å². The van der Waals surface area contributed by atoms with Gasteiger partial charge >= 0.3 is 24.4 Å². The minimum Gasteiger partial charge on any atom is -0.300 e. The number of carbonyl (C=O) groups is 1. The van der Waals surface area contributed by atoms with E-state index in [0.717, 1.165) is 0 Å². The van der Waals surface area contributed by atoms with Gasteiger partial charge in [0.25, 0.3) is 0 Å². The molecule has 0 amide bonds. The van der Waals surface area contributed by atoms with Gasteiger partial charge in [0.15, 0.2) is 18.6 Å². The van der Waals surface area contributed by atoms with Gasteiger partial charge < -0.3 is 0 Å². The number of hydrogen-bond donors (Lipinski definition) is 0. The highest BCUT2D eigenvalue weighted by Gasteiger charge is 2.76. The summed E-state index contributed by atoms with van der Waals surface area (Å²) in [5.74, 6) is -7.02. The summed E-state index contributed by atoms with van der Waals surface area (Å²) in [5.41, 5.74) is 0. The number of halogens is 11. The van der Waals surface area contributed by atoms with Crippen molar-refractivity contribution in [2.24, 2.45) is 0 Å². The molecule has 0 aromatic rings. The normalized spacial score (nSPS) is 17.8. The first-order chi connectivity index (χ1) is 8.58. The average molecular weight is 328 g/mol. The molecular weight excluding hydrogens is 325 g/mol. The molecule has 0 radical (unpaired) electrons. The summed E-state index contributed by atoms with van der Waals surface area (Å²) < 4.78 is 135. The third kappa shape index (κ3) is 3.70. The Hall–Kier alpha value is -1.14. The van der Waals surface area contributed by atoms with Crippen LogP contribution in [0.2, 0.25) is 0 Å². The van der Waals surface area contributed by atoms with E-state index >= 15 is 0 Å². The molecule has 0 rings (SSSR count). The second-order valence-electron chi connectivity index (χ2n) is 3.25. The van der Waals surface area contributed by atoms with Crippen LogP contribution in [-0.4, -0.2) is 42.9 Å². The summed E-state index contributed by atoms with van der Waals surface area (Å²) in [6.07, 6.45) is -29.4. The Kier molecular flexibility index (Phi) is 5.03. The topological polar surface area (TPSA) is 26.3 Å². The Labute approximate surface area is 102 Å². The van der Waals surface area contributed by atoms with Gasteiger partial charge in [-0.3, -0.25) is 9.53 Å². The molecule has 0 aliphatic carbocycles. The average Bonchev–Trinajstić information content (AvgIpc) is 2.21. The Morgan fingerprint density at radius 1 is 0.850 bits per heavy atom.